The number of amides is 1. The number of amidine groups is 1. The quantitative estimate of drug-likeness (QED) is 0.770. The van der Waals surface area contributed by atoms with Gasteiger partial charge in [-0.1, -0.05) is 12.1 Å². The van der Waals surface area contributed by atoms with Gasteiger partial charge < -0.3 is 14.6 Å². The summed E-state index contributed by atoms with van der Waals surface area (Å²) in [6, 6.07) is 14.0. The average Bonchev–Trinajstić information content (AvgIpc) is 2.97. The lowest BCUT2D eigenvalue weighted by Crippen LogP contribution is -2.32. The number of methoxy groups -OCH3 is 2. The molecule has 3 rings (SSSR count). The van der Waals surface area contributed by atoms with E-state index >= 15 is 0 Å². The number of carbonyl (C=O) groups is 1. The first kappa shape index (κ1) is 19.0. The molecule has 2 aromatic rings. The van der Waals surface area contributed by atoms with Crippen LogP contribution in [0.15, 0.2) is 58.4 Å². The molecule has 0 radical (unpaired) electrons. The molecule has 27 heavy (non-hydrogen) atoms. The Bertz CT molecular complexity index is 861. The largest absolute Gasteiger partial charge is 0.508 e. The molecular weight excluding hydrogens is 364 g/mol. The molecule has 1 aliphatic heterocycles. The van der Waals surface area contributed by atoms with E-state index in [0.29, 0.717) is 23.2 Å². The maximum absolute atomic E-state index is 12.8. The number of carbonyl (C=O) groups excluding carboxylic acids is 1. The molecule has 7 heteroatoms. The number of aliphatic imine (C=N–C) groups is 1. The summed E-state index contributed by atoms with van der Waals surface area (Å²) in [4.78, 5) is 19.6. The molecule has 1 N–H and O–H groups in total. The maximum atomic E-state index is 12.8. The average molecular weight is 384 g/mol. The molecule has 0 atom stereocenters. The molecule has 0 bridgehead atoms. The fourth-order valence-corrected chi connectivity index (χ4v) is 3.48. The molecule has 2 aromatic carbocycles. The number of thioether (sulfide) groups is 1. The Morgan fingerprint density at radius 2 is 1.81 bits per heavy atom. The number of benzene rings is 2. The van der Waals surface area contributed by atoms with Crippen LogP contribution in [0.3, 0.4) is 0 Å². The third-order valence-electron chi connectivity index (χ3n) is 3.90. The Labute approximate surface area is 162 Å². The van der Waals surface area contributed by atoms with Crippen molar-refractivity contribution in [3.8, 4) is 11.5 Å². The summed E-state index contributed by atoms with van der Waals surface area (Å²) in [5, 5.41) is 10.0. The highest BCUT2D eigenvalue weighted by molar-refractivity contribution is 8.18. The van der Waals surface area contributed by atoms with Gasteiger partial charge in [-0.3, -0.25) is 9.69 Å². The van der Waals surface area contributed by atoms with Crippen LogP contribution in [0.1, 0.15) is 5.56 Å². The predicted molar refractivity (Wildman–Crippen MR) is 107 cm³/mol. The van der Waals surface area contributed by atoms with E-state index < -0.39 is 0 Å². The fraction of sp³-hybridized carbons (Fsp3) is 0.200. The first-order valence-corrected chi connectivity index (χ1v) is 9.14. The topological polar surface area (TPSA) is 71.4 Å². The number of phenols is 1. The standard InChI is InChI=1S/C20H20N2O4S/c1-25-12-11-22-19(24)18(13-14-3-7-16(23)8-4-14)27-20(22)21-15-5-9-17(26-2)10-6-15/h3-10,13,23H,11-12H2,1-2H3/b18-13-,21-20?. The van der Waals surface area contributed by atoms with Crippen LogP contribution < -0.4 is 4.74 Å². The minimum atomic E-state index is -0.114. The molecule has 1 aliphatic rings. The number of aromatic hydroxyl groups is 1. The van der Waals surface area contributed by atoms with Crippen molar-refractivity contribution in [3.05, 3.63) is 59.0 Å². The summed E-state index contributed by atoms with van der Waals surface area (Å²) < 4.78 is 10.3. The number of ether oxygens (including phenoxy) is 2. The molecule has 6 nitrogen and oxygen atoms in total. The van der Waals surface area contributed by atoms with Gasteiger partial charge in [-0.25, -0.2) is 4.99 Å². The van der Waals surface area contributed by atoms with E-state index in [1.165, 1.54) is 11.8 Å². The molecule has 0 spiro atoms. The Balaban J connectivity index is 1.89. The molecule has 140 valence electrons. The van der Waals surface area contributed by atoms with Crippen molar-refractivity contribution in [1.29, 1.82) is 0 Å². The summed E-state index contributed by atoms with van der Waals surface area (Å²) in [5.41, 5.74) is 1.57. The van der Waals surface area contributed by atoms with E-state index in [1.54, 1.807) is 49.5 Å². The van der Waals surface area contributed by atoms with E-state index in [2.05, 4.69) is 4.99 Å². The first-order chi connectivity index (χ1) is 13.1. The molecule has 0 saturated carbocycles. The smallest absolute Gasteiger partial charge is 0.266 e. The van der Waals surface area contributed by atoms with Crippen LogP contribution in [0, 0.1) is 0 Å². The highest BCUT2D eigenvalue weighted by Crippen LogP contribution is 2.34. The van der Waals surface area contributed by atoms with Gasteiger partial charge in [-0.05, 0) is 59.8 Å². The van der Waals surface area contributed by atoms with Crippen LogP contribution in [0.25, 0.3) is 6.08 Å². The van der Waals surface area contributed by atoms with Gasteiger partial charge >= 0.3 is 0 Å². The lowest BCUT2D eigenvalue weighted by molar-refractivity contribution is -0.122. The highest BCUT2D eigenvalue weighted by Gasteiger charge is 2.33. The van der Waals surface area contributed by atoms with E-state index in [4.69, 9.17) is 9.47 Å². The van der Waals surface area contributed by atoms with Gasteiger partial charge in [-0.15, -0.1) is 0 Å². The first-order valence-electron chi connectivity index (χ1n) is 8.33. The minimum absolute atomic E-state index is 0.114. The van der Waals surface area contributed by atoms with Gasteiger partial charge in [0.1, 0.15) is 11.5 Å². The zero-order valence-electron chi connectivity index (χ0n) is 15.1. The SMILES string of the molecule is COCCN1C(=O)/C(=C/c2ccc(O)cc2)SC1=Nc1ccc(OC)cc1. The van der Waals surface area contributed by atoms with Crippen molar-refractivity contribution in [2.45, 2.75) is 0 Å². The molecule has 0 aromatic heterocycles. The zero-order valence-corrected chi connectivity index (χ0v) is 15.9. The lowest BCUT2D eigenvalue weighted by atomic mass is 10.2. The maximum Gasteiger partial charge on any atom is 0.266 e. The van der Waals surface area contributed by atoms with Crippen LogP contribution in [0.4, 0.5) is 5.69 Å². The predicted octanol–water partition coefficient (Wildman–Crippen LogP) is 3.65. The highest BCUT2D eigenvalue weighted by atomic mass is 32.2. The molecule has 0 unspecified atom stereocenters. The Hall–Kier alpha value is -2.77. The number of hydrogen-bond donors (Lipinski definition) is 1. The van der Waals surface area contributed by atoms with Crippen molar-refractivity contribution in [1.82, 2.24) is 4.90 Å². The molecule has 0 aliphatic carbocycles. The summed E-state index contributed by atoms with van der Waals surface area (Å²) in [7, 11) is 3.21. The van der Waals surface area contributed by atoms with Gasteiger partial charge in [-0.2, -0.15) is 0 Å². The fourth-order valence-electron chi connectivity index (χ4n) is 2.46. The molecule has 1 fully saturated rings. The van der Waals surface area contributed by atoms with Crippen molar-refractivity contribution in [2.24, 2.45) is 4.99 Å². The second kappa shape index (κ2) is 8.75. The van der Waals surface area contributed by atoms with E-state index in [-0.39, 0.29) is 11.7 Å². The van der Waals surface area contributed by atoms with E-state index in [1.807, 2.05) is 24.3 Å². The van der Waals surface area contributed by atoms with Gasteiger partial charge in [0.05, 0.1) is 30.9 Å². The Kier molecular flexibility index (Phi) is 6.16. The Morgan fingerprint density at radius 1 is 1.11 bits per heavy atom. The van der Waals surface area contributed by atoms with Crippen LogP contribution in [-0.4, -0.2) is 48.5 Å². The lowest BCUT2D eigenvalue weighted by Gasteiger charge is -2.14. The van der Waals surface area contributed by atoms with Gasteiger partial charge in [0, 0.05) is 7.11 Å². The third kappa shape index (κ3) is 4.69. The van der Waals surface area contributed by atoms with Gasteiger partial charge in [0.2, 0.25) is 0 Å². The van der Waals surface area contributed by atoms with E-state index in [9.17, 15) is 9.90 Å². The number of nitrogens with zero attached hydrogens (tertiary/aromatic N) is 2. The normalized spacial score (nSPS) is 17.1. The number of phenolic OH excluding ortho intramolecular Hbond substituents is 1. The van der Waals surface area contributed by atoms with Crippen LogP contribution >= 0.6 is 11.8 Å². The Morgan fingerprint density at radius 3 is 2.44 bits per heavy atom. The molecular formula is C20H20N2O4S. The van der Waals surface area contributed by atoms with Crippen molar-refractivity contribution in [2.75, 3.05) is 27.4 Å². The van der Waals surface area contributed by atoms with E-state index in [0.717, 1.165) is 17.0 Å². The van der Waals surface area contributed by atoms with Crippen LogP contribution in [-0.2, 0) is 9.53 Å². The molecule has 1 heterocycles. The summed E-state index contributed by atoms with van der Waals surface area (Å²) in [6.45, 7) is 0.838. The zero-order chi connectivity index (χ0) is 19.2. The monoisotopic (exact) mass is 384 g/mol. The van der Waals surface area contributed by atoms with Crippen molar-refractivity contribution < 1.29 is 19.4 Å². The number of hydrogen-bond acceptors (Lipinski definition) is 6. The van der Waals surface area contributed by atoms with Crippen molar-refractivity contribution >= 4 is 34.6 Å². The van der Waals surface area contributed by atoms with Crippen LogP contribution in [0.2, 0.25) is 0 Å². The molecule has 1 amide bonds. The van der Waals surface area contributed by atoms with Crippen LogP contribution in [0.5, 0.6) is 11.5 Å². The minimum Gasteiger partial charge on any atom is -0.508 e. The van der Waals surface area contributed by atoms with Gasteiger partial charge in [0.25, 0.3) is 5.91 Å². The second-order valence-corrected chi connectivity index (χ2v) is 6.75. The molecule has 1 saturated heterocycles. The van der Waals surface area contributed by atoms with Crippen molar-refractivity contribution in [3.63, 3.8) is 0 Å². The number of rotatable bonds is 6. The summed E-state index contributed by atoms with van der Waals surface area (Å²) in [6.07, 6.45) is 1.79. The summed E-state index contributed by atoms with van der Waals surface area (Å²) in [5.74, 6) is 0.821. The van der Waals surface area contributed by atoms with Gasteiger partial charge in [0.15, 0.2) is 5.17 Å². The third-order valence-corrected chi connectivity index (χ3v) is 4.90. The summed E-state index contributed by atoms with van der Waals surface area (Å²) >= 11 is 1.32. The second-order valence-electron chi connectivity index (χ2n) is 5.74.